The molecule has 2 saturated heterocycles. The van der Waals surface area contributed by atoms with Gasteiger partial charge >= 0.3 is 6.09 Å². The Bertz CT molecular complexity index is 1140. The first-order valence-electron chi connectivity index (χ1n) is 12.8. The molecule has 2 amide bonds. The fourth-order valence-electron chi connectivity index (χ4n) is 5.84. The molecule has 0 saturated carbocycles. The quantitative estimate of drug-likeness (QED) is 0.632. The summed E-state index contributed by atoms with van der Waals surface area (Å²) in [5.74, 6) is -3.55. The summed E-state index contributed by atoms with van der Waals surface area (Å²) in [7, 11) is 0. The van der Waals surface area contributed by atoms with Crippen LogP contribution in [0.25, 0.3) is 0 Å². The largest absolute Gasteiger partial charge is 0.444 e. The fourth-order valence-corrected chi connectivity index (χ4v) is 5.84. The number of hydrogen-bond acceptors (Lipinski definition) is 4. The smallest absolute Gasteiger partial charge is 0.410 e. The van der Waals surface area contributed by atoms with Gasteiger partial charge in [-0.3, -0.25) is 4.79 Å². The number of carbonyl (C=O) groups excluding carboxylic acids is 2. The van der Waals surface area contributed by atoms with Crippen LogP contribution < -0.4 is 0 Å². The Morgan fingerprint density at radius 1 is 0.946 bits per heavy atom. The molecular weight excluding hydrogens is 478 g/mol. The minimum atomic E-state index is -1.10. The summed E-state index contributed by atoms with van der Waals surface area (Å²) in [5.41, 5.74) is -0.816. The lowest BCUT2D eigenvalue weighted by Crippen LogP contribution is -2.57. The lowest BCUT2D eigenvalue weighted by molar-refractivity contribution is -0.152. The predicted molar refractivity (Wildman–Crippen MR) is 136 cm³/mol. The normalized spacial score (nSPS) is 28.3. The monoisotopic (exact) mass is 514 g/mol. The maximum atomic E-state index is 14.9. The average Bonchev–Trinajstić information content (AvgIpc) is 3.26. The number of halogens is 2. The molecule has 6 nitrogen and oxygen atoms in total. The highest BCUT2D eigenvalue weighted by molar-refractivity contribution is 5.82. The van der Waals surface area contributed by atoms with Gasteiger partial charge in [-0.25, -0.2) is 13.6 Å². The Morgan fingerprint density at radius 3 is 2.14 bits per heavy atom. The first-order valence-corrected chi connectivity index (χ1v) is 12.8. The molecule has 0 bridgehead atoms. The molecular formula is C29H36F2N2O4. The summed E-state index contributed by atoms with van der Waals surface area (Å²) in [5, 5.41) is 11.7. The highest BCUT2D eigenvalue weighted by Crippen LogP contribution is 2.43. The van der Waals surface area contributed by atoms with Crippen molar-refractivity contribution in [3.05, 3.63) is 71.3 Å². The van der Waals surface area contributed by atoms with Crippen molar-refractivity contribution >= 4 is 12.0 Å². The van der Waals surface area contributed by atoms with Gasteiger partial charge in [0, 0.05) is 50.0 Å². The van der Waals surface area contributed by atoms with Crippen LogP contribution in [0.4, 0.5) is 13.6 Å². The Kier molecular flexibility index (Phi) is 7.34. The molecule has 8 heteroatoms. The van der Waals surface area contributed by atoms with E-state index in [2.05, 4.69) is 0 Å². The number of piperidine rings is 1. The van der Waals surface area contributed by atoms with E-state index in [9.17, 15) is 23.5 Å². The van der Waals surface area contributed by atoms with Gasteiger partial charge in [0.2, 0.25) is 5.91 Å². The minimum Gasteiger partial charge on any atom is -0.444 e. The van der Waals surface area contributed by atoms with E-state index in [1.807, 2.05) is 44.2 Å². The SMILES string of the molecule is C[C@@H]1CN(C(=O)[C@@H]2CN(C(=O)OC(C)(C)C)C[C@H]2c2ccc(F)cc2F)C[C@H](C)C1(O)c1ccccc1. The average molecular weight is 515 g/mol. The first-order chi connectivity index (χ1) is 17.3. The number of likely N-dealkylation sites (tertiary alicyclic amines) is 2. The Balaban J connectivity index is 1.60. The standard InChI is InChI=1S/C29H36F2N2O4/c1-18-14-32(15-19(2)29(18,36)20-9-7-6-8-10-20)26(34)24-17-33(27(35)37-28(3,4)5)16-23(24)22-12-11-21(30)13-25(22)31/h6-13,18-19,23-24,36H,14-17H2,1-5H3/t18-,19+,23-,24+,29?/m0/s1. The molecule has 37 heavy (non-hydrogen) atoms. The van der Waals surface area contributed by atoms with Crippen LogP contribution in [0.15, 0.2) is 48.5 Å². The van der Waals surface area contributed by atoms with E-state index in [-0.39, 0.29) is 36.4 Å². The zero-order chi connectivity index (χ0) is 27.1. The van der Waals surface area contributed by atoms with Gasteiger partial charge in [0.25, 0.3) is 0 Å². The van der Waals surface area contributed by atoms with E-state index < -0.39 is 40.8 Å². The Labute approximate surface area is 217 Å². The third-order valence-electron chi connectivity index (χ3n) is 7.69. The minimum absolute atomic E-state index is 0.0669. The lowest BCUT2D eigenvalue weighted by Gasteiger charge is -2.48. The van der Waals surface area contributed by atoms with Gasteiger partial charge in [0.05, 0.1) is 11.5 Å². The molecule has 0 radical (unpaired) electrons. The van der Waals surface area contributed by atoms with Crippen molar-refractivity contribution in [2.45, 2.75) is 51.7 Å². The molecule has 4 rings (SSSR count). The number of nitrogens with zero attached hydrogens (tertiary/aromatic N) is 2. The lowest BCUT2D eigenvalue weighted by atomic mass is 9.70. The van der Waals surface area contributed by atoms with Gasteiger partial charge in [-0.05, 0) is 38.0 Å². The van der Waals surface area contributed by atoms with E-state index in [0.29, 0.717) is 13.1 Å². The maximum Gasteiger partial charge on any atom is 0.410 e. The Hall–Kier alpha value is -3.00. The van der Waals surface area contributed by atoms with Crippen molar-refractivity contribution in [1.82, 2.24) is 9.80 Å². The molecule has 2 aliphatic heterocycles. The molecule has 0 aromatic heterocycles. The van der Waals surface area contributed by atoms with E-state index >= 15 is 0 Å². The van der Waals surface area contributed by atoms with Gasteiger partial charge < -0.3 is 19.6 Å². The molecule has 2 fully saturated rings. The molecule has 1 N–H and O–H groups in total. The first kappa shape index (κ1) is 27.0. The van der Waals surface area contributed by atoms with Gasteiger partial charge in [-0.2, -0.15) is 0 Å². The van der Waals surface area contributed by atoms with E-state index in [1.54, 1.807) is 25.7 Å². The van der Waals surface area contributed by atoms with Crippen LogP contribution in [-0.2, 0) is 15.1 Å². The molecule has 2 aromatic rings. The summed E-state index contributed by atoms with van der Waals surface area (Å²) in [6, 6.07) is 12.8. The molecule has 2 heterocycles. The van der Waals surface area contributed by atoms with Crippen LogP contribution in [-0.4, -0.2) is 58.7 Å². The molecule has 0 aliphatic carbocycles. The zero-order valence-electron chi connectivity index (χ0n) is 22.1. The molecule has 0 spiro atoms. The van der Waals surface area contributed by atoms with Crippen LogP contribution in [0.5, 0.6) is 0 Å². The van der Waals surface area contributed by atoms with Crippen LogP contribution in [0, 0.1) is 29.4 Å². The molecule has 200 valence electrons. The van der Waals surface area contributed by atoms with Crippen LogP contribution >= 0.6 is 0 Å². The number of aliphatic hydroxyl groups is 1. The van der Waals surface area contributed by atoms with Crippen LogP contribution in [0.1, 0.15) is 51.7 Å². The summed E-state index contributed by atoms with van der Waals surface area (Å²) in [4.78, 5) is 29.9. The van der Waals surface area contributed by atoms with Crippen LogP contribution in [0.2, 0.25) is 0 Å². The highest BCUT2D eigenvalue weighted by Gasteiger charge is 2.50. The zero-order valence-corrected chi connectivity index (χ0v) is 22.1. The fraction of sp³-hybridized carbons (Fsp3) is 0.517. The van der Waals surface area contributed by atoms with Crippen molar-refractivity contribution in [2.75, 3.05) is 26.2 Å². The van der Waals surface area contributed by atoms with Crippen molar-refractivity contribution in [2.24, 2.45) is 17.8 Å². The van der Waals surface area contributed by atoms with Gasteiger partial charge in [-0.15, -0.1) is 0 Å². The molecule has 1 unspecified atom stereocenters. The summed E-state index contributed by atoms with van der Waals surface area (Å²) >= 11 is 0. The summed E-state index contributed by atoms with van der Waals surface area (Å²) in [6.45, 7) is 9.88. The van der Waals surface area contributed by atoms with Crippen molar-refractivity contribution < 1.29 is 28.2 Å². The summed E-state index contributed by atoms with van der Waals surface area (Å²) in [6.07, 6.45) is -0.575. The van der Waals surface area contributed by atoms with Gasteiger partial charge in [0.15, 0.2) is 0 Å². The maximum absolute atomic E-state index is 14.9. The number of ether oxygens (including phenoxy) is 1. The topological polar surface area (TPSA) is 70.1 Å². The van der Waals surface area contributed by atoms with Crippen molar-refractivity contribution in [3.8, 4) is 0 Å². The van der Waals surface area contributed by atoms with Crippen molar-refractivity contribution in [3.63, 3.8) is 0 Å². The number of carbonyl (C=O) groups is 2. The van der Waals surface area contributed by atoms with Crippen molar-refractivity contribution in [1.29, 1.82) is 0 Å². The Morgan fingerprint density at radius 2 is 1.57 bits per heavy atom. The van der Waals surface area contributed by atoms with Gasteiger partial charge in [-0.1, -0.05) is 50.2 Å². The molecule has 2 aromatic carbocycles. The number of amides is 2. The molecule has 5 atom stereocenters. The second-order valence-electron chi connectivity index (χ2n) is 11.5. The van der Waals surface area contributed by atoms with E-state index in [0.717, 1.165) is 11.6 Å². The second kappa shape index (κ2) is 10.0. The second-order valence-corrected chi connectivity index (χ2v) is 11.5. The third-order valence-corrected chi connectivity index (χ3v) is 7.69. The number of rotatable bonds is 3. The third kappa shape index (κ3) is 5.35. The van der Waals surface area contributed by atoms with Gasteiger partial charge in [0.1, 0.15) is 17.2 Å². The highest BCUT2D eigenvalue weighted by atomic mass is 19.1. The van der Waals surface area contributed by atoms with E-state index in [4.69, 9.17) is 4.74 Å². The van der Waals surface area contributed by atoms with E-state index in [1.165, 1.54) is 17.0 Å². The number of hydrogen-bond donors (Lipinski definition) is 1. The summed E-state index contributed by atoms with van der Waals surface area (Å²) < 4.78 is 34.0. The number of benzene rings is 2. The predicted octanol–water partition coefficient (Wildman–Crippen LogP) is 4.92. The van der Waals surface area contributed by atoms with Crippen LogP contribution in [0.3, 0.4) is 0 Å². The molecule has 2 aliphatic rings.